The molecule has 1 aliphatic heterocycles. The minimum absolute atomic E-state index is 0.0767. The number of amides is 2. The van der Waals surface area contributed by atoms with Crippen molar-refractivity contribution in [1.29, 1.82) is 0 Å². The number of carbonyl (C=O) groups excluding carboxylic acids is 2. The van der Waals surface area contributed by atoms with Crippen LogP contribution in [-0.2, 0) is 16.0 Å². The summed E-state index contributed by atoms with van der Waals surface area (Å²) in [7, 11) is 1.73. The van der Waals surface area contributed by atoms with E-state index in [4.69, 9.17) is 0 Å². The van der Waals surface area contributed by atoms with Gasteiger partial charge in [-0.1, -0.05) is 12.1 Å². The Morgan fingerprint density at radius 2 is 1.86 bits per heavy atom. The number of benzene rings is 1. The van der Waals surface area contributed by atoms with Gasteiger partial charge in [0.05, 0.1) is 13.0 Å². The molecule has 5 nitrogen and oxygen atoms in total. The predicted octanol–water partition coefficient (Wildman–Crippen LogP) is 0.962. The number of carbonyl (C=O) groups is 2. The largest absolute Gasteiger partial charge is 0.341 e. The minimum Gasteiger partial charge on any atom is -0.341 e. The molecular formula is C15H21N3O2S. The topological polar surface area (TPSA) is 61.4 Å². The number of hydrogen-bond acceptors (Lipinski definition) is 4. The van der Waals surface area contributed by atoms with E-state index in [1.165, 1.54) is 0 Å². The smallest absolute Gasteiger partial charge is 0.238 e. The first kappa shape index (κ1) is 15.9. The molecule has 1 fully saturated rings. The summed E-state index contributed by atoms with van der Waals surface area (Å²) in [5.74, 6) is 2.17. The van der Waals surface area contributed by atoms with Crippen molar-refractivity contribution >= 4 is 29.3 Å². The highest BCUT2D eigenvalue weighted by Gasteiger charge is 2.16. The average molecular weight is 307 g/mol. The van der Waals surface area contributed by atoms with Crippen LogP contribution in [0.15, 0.2) is 24.3 Å². The lowest BCUT2D eigenvalue weighted by atomic mass is 10.1. The highest BCUT2D eigenvalue weighted by atomic mass is 32.2. The van der Waals surface area contributed by atoms with E-state index in [2.05, 4.69) is 10.6 Å². The molecule has 114 valence electrons. The van der Waals surface area contributed by atoms with Crippen LogP contribution in [0.3, 0.4) is 0 Å². The number of anilines is 1. The molecule has 0 aliphatic carbocycles. The van der Waals surface area contributed by atoms with Crippen molar-refractivity contribution in [3.8, 4) is 0 Å². The fourth-order valence-corrected chi connectivity index (χ4v) is 3.07. The fourth-order valence-electron chi connectivity index (χ4n) is 2.17. The number of likely N-dealkylation sites (N-methyl/N-ethyl adjacent to an activating group) is 1. The molecule has 0 bridgehead atoms. The Labute approximate surface area is 129 Å². The van der Waals surface area contributed by atoms with E-state index in [1.807, 2.05) is 40.9 Å². The first-order valence-corrected chi connectivity index (χ1v) is 8.23. The predicted molar refractivity (Wildman–Crippen MR) is 86.6 cm³/mol. The molecule has 0 spiro atoms. The zero-order valence-corrected chi connectivity index (χ0v) is 13.0. The SMILES string of the molecule is CNCC(=O)Nc1ccc(CC(=O)N2CCSCC2)cc1. The summed E-state index contributed by atoms with van der Waals surface area (Å²) in [6.45, 7) is 1.98. The van der Waals surface area contributed by atoms with Crippen molar-refractivity contribution < 1.29 is 9.59 Å². The van der Waals surface area contributed by atoms with E-state index in [-0.39, 0.29) is 18.4 Å². The van der Waals surface area contributed by atoms with Crippen LogP contribution in [-0.4, -0.2) is 54.9 Å². The van der Waals surface area contributed by atoms with Gasteiger partial charge < -0.3 is 15.5 Å². The van der Waals surface area contributed by atoms with Crippen LogP contribution in [0, 0.1) is 0 Å². The van der Waals surface area contributed by atoms with Crippen LogP contribution in [0.5, 0.6) is 0 Å². The van der Waals surface area contributed by atoms with Crippen LogP contribution in [0.4, 0.5) is 5.69 Å². The van der Waals surface area contributed by atoms with Gasteiger partial charge in [-0.15, -0.1) is 0 Å². The summed E-state index contributed by atoms with van der Waals surface area (Å²) in [4.78, 5) is 25.5. The van der Waals surface area contributed by atoms with Gasteiger partial charge in [-0.05, 0) is 24.7 Å². The molecule has 21 heavy (non-hydrogen) atoms. The third-order valence-electron chi connectivity index (χ3n) is 3.29. The molecule has 0 unspecified atom stereocenters. The molecule has 0 aromatic heterocycles. The number of nitrogens with zero attached hydrogens (tertiary/aromatic N) is 1. The molecular weight excluding hydrogens is 286 g/mol. The second-order valence-electron chi connectivity index (χ2n) is 4.95. The van der Waals surface area contributed by atoms with Gasteiger partial charge in [0.1, 0.15) is 0 Å². The van der Waals surface area contributed by atoms with E-state index < -0.39 is 0 Å². The lowest BCUT2D eigenvalue weighted by Crippen LogP contribution is -2.38. The second kappa shape index (κ2) is 8.05. The Hall–Kier alpha value is -1.53. The summed E-state index contributed by atoms with van der Waals surface area (Å²) >= 11 is 1.89. The summed E-state index contributed by atoms with van der Waals surface area (Å²) in [6.07, 6.45) is 0.426. The van der Waals surface area contributed by atoms with Gasteiger partial charge in [-0.3, -0.25) is 9.59 Å². The molecule has 0 atom stereocenters. The molecule has 1 aromatic carbocycles. The maximum absolute atomic E-state index is 12.2. The Bertz CT molecular complexity index is 484. The third kappa shape index (κ3) is 5.06. The van der Waals surface area contributed by atoms with Gasteiger partial charge in [-0.2, -0.15) is 11.8 Å². The minimum atomic E-state index is -0.0767. The van der Waals surface area contributed by atoms with Gasteiger partial charge in [-0.25, -0.2) is 0 Å². The molecule has 1 heterocycles. The van der Waals surface area contributed by atoms with Gasteiger partial charge >= 0.3 is 0 Å². The van der Waals surface area contributed by atoms with Crippen molar-refractivity contribution in [2.24, 2.45) is 0 Å². The molecule has 0 saturated carbocycles. The molecule has 2 amide bonds. The van der Waals surface area contributed by atoms with Gasteiger partial charge in [0.25, 0.3) is 0 Å². The van der Waals surface area contributed by atoms with E-state index in [0.717, 1.165) is 35.8 Å². The number of rotatable bonds is 5. The van der Waals surface area contributed by atoms with Crippen LogP contribution in [0.2, 0.25) is 0 Å². The van der Waals surface area contributed by atoms with Crippen molar-refractivity contribution in [3.05, 3.63) is 29.8 Å². The van der Waals surface area contributed by atoms with Gasteiger partial charge in [0.2, 0.25) is 11.8 Å². The quantitative estimate of drug-likeness (QED) is 0.851. The standard InChI is InChI=1S/C15H21N3O2S/c1-16-11-14(19)17-13-4-2-12(3-5-13)10-15(20)18-6-8-21-9-7-18/h2-5,16H,6-11H2,1H3,(H,17,19). The van der Waals surface area contributed by atoms with Gasteiger partial charge in [0, 0.05) is 30.3 Å². The van der Waals surface area contributed by atoms with Crippen LogP contribution >= 0.6 is 11.8 Å². The molecule has 1 saturated heterocycles. The summed E-state index contributed by atoms with van der Waals surface area (Å²) < 4.78 is 0. The lowest BCUT2D eigenvalue weighted by Gasteiger charge is -2.26. The van der Waals surface area contributed by atoms with Crippen molar-refractivity contribution in [1.82, 2.24) is 10.2 Å². The van der Waals surface area contributed by atoms with E-state index in [1.54, 1.807) is 7.05 Å². The number of hydrogen-bond donors (Lipinski definition) is 2. The summed E-state index contributed by atoms with van der Waals surface area (Å²) in [6, 6.07) is 7.46. The maximum Gasteiger partial charge on any atom is 0.238 e. The first-order valence-electron chi connectivity index (χ1n) is 7.08. The average Bonchev–Trinajstić information content (AvgIpc) is 2.50. The monoisotopic (exact) mass is 307 g/mol. The van der Waals surface area contributed by atoms with Crippen LogP contribution in [0.1, 0.15) is 5.56 Å². The highest BCUT2D eigenvalue weighted by Crippen LogP contribution is 2.13. The highest BCUT2D eigenvalue weighted by molar-refractivity contribution is 7.99. The van der Waals surface area contributed by atoms with Crippen molar-refractivity contribution in [3.63, 3.8) is 0 Å². The maximum atomic E-state index is 12.2. The molecule has 0 radical (unpaired) electrons. The Balaban J connectivity index is 1.86. The Morgan fingerprint density at radius 3 is 2.48 bits per heavy atom. The van der Waals surface area contributed by atoms with E-state index >= 15 is 0 Å². The van der Waals surface area contributed by atoms with E-state index in [9.17, 15) is 9.59 Å². The van der Waals surface area contributed by atoms with Crippen LogP contribution in [0.25, 0.3) is 0 Å². The van der Waals surface area contributed by atoms with Crippen molar-refractivity contribution in [2.75, 3.05) is 43.5 Å². The summed E-state index contributed by atoms with van der Waals surface area (Å²) in [5, 5.41) is 5.58. The third-order valence-corrected chi connectivity index (χ3v) is 4.24. The molecule has 6 heteroatoms. The molecule has 2 N–H and O–H groups in total. The normalized spacial score (nSPS) is 14.8. The van der Waals surface area contributed by atoms with Crippen LogP contribution < -0.4 is 10.6 Å². The summed E-state index contributed by atoms with van der Waals surface area (Å²) in [5.41, 5.74) is 1.73. The number of thioether (sulfide) groups is 1. The van der Waals surface area contributed by atoms with Crippen molar-refractivity contribution in [2.45, 2.75) is 6.42 Å². The second-order valence-corrected chi connectivity index (χ2v) is 6.17. The van der Waals surface area contributed by atoms with E-state index in [0.29, 0.717) is 6.42 Å². The molecule has 1 aliphatic rings. The number of nitrogens with one attached hydrogen (secondary N) is 2. The zero-order chi connectivity index (χ0) is 15.1. The molecule has 2 rings (SSSR count). The molecule has 1 aromatic rings. The Morgan fingerprint density at radius 1 is 1.19 bits per heavy atom. The zero-order valence-electron chi connectivity index (χ0n) is 12.2. The fraction of sp³-hybridized carbons (Fsp3) is 0.467. The Kier molecular flexibility index (Phi) is 6.07. The van der Waals surface area contributed by atoms with Gasteiger partial charge in [0.15, 0.2) is 0 Å². The lowest BCUT2D eigenvalue weighted by molar-refractivity contribution is -0.130. The first-order chi connectivity index (χ1) is 10.2.